The predicted octanol–water partition coefficient (Wildman–Crippen LogP) is -21.9. The van der Waals surface area contributed by atoms with E-state index < -0.39 is 31.3 Å². The van der Waals surface area contributed by atoms with Gasteiger partial charge in [-0.15, -0.1) is 0 Å². The number of rotatable bonds is 0. The Bertz CT molecular complexity index is 297. The van der Waals surface area contributed by atoms with Gasteiger partial charge in [-0.3, -0.25) is 0 Å². The van der Waals surface area contributed by atoms with Gasteiger partial charge in [-0.05, 0) is 0 Å². The second-order valence-corrected chi connectivity index (χ2v) is 5.83. The quantitative estimate of drug-likeness (QED) is 0.119. The summed E-state index contributed by atoms with van der Waals surface area (Å²) in [4.78, 5) is 93.1. The minimum atomic E-state index is -5.39. The van der Waals surface area contributed by atoms with E-state index >= 15 is 0 Å². The van der Waals surface area contributed by atoms with E-state index in [9.17, 15) is 0 Å². The zero-order chi connectivity index (χ0) is 18.0. The van der Waals surface area contributed by atoms with Crippen molar-refractivity contribution in [3.63, 3.8) is 0 Å². The van der Waals surface area contributed by atoms with Gasteiger partial charge < -0.3 is 67.9 Å². The maximum atomic E-state index is 8.88. The fraction of sp³-hybridized carbons (Fsp3) is 0. The van der Waals surface area contributed by atoms with Gasteiger partial charge in [0.1, 0.15) is 0 Å². The first-order valence-corrected chi connectivity index (χ1v) is 9.13. The average molecular weight is 502 g/mol. The van der Waals surface area contributed by atoms with E-state index in [-0.39, 0.29) is 148 Å². The summed E-state index contributed by atoms with van der Waals surface area (Å²) in [6.45, 7) is 0. The van der Waals surface area contributed by atoms with Gasteiger partial charge in [-0.1, -0.05) is 0 Å². The Morgan fingerprint density at radius 3 is 0.440 bits per heavy atom. The molecule has 0 rings (SSSR count). The number of hydrogen-bond acceptors (Lipinski definition) is 9. The summed E-state index contributed by atoms with van der Waals surface area (Å²) in [6.07, 6.45) is 0. The van der Waals surface area contributed by atoms with Crippen LogP contribution >= 0.6 is 31.3 Å². The first-order chi connectivity index (χ1) is 8.00. The molecule has 0 aromatic carbocycles. The Kier molecular flexibility index (Phi) is 63.1. The molecule has 0 amide bonds. The Balaban J connectivity index is -0.0000000183. The van der Waals surface area contributed by atoms with Gasteiger partial charge in [0.15, 0.2) is 0 Å². The van der Waals surface area contributed by atoms with Crippen LogP contribution in [0.3, 0.4) is 0 Å². The molecule has 0 aliphatic rings. The number of hydrogen-bond donors (Lipinski definition) is 7. The van der Waals surface area contributed by atoms with Crippen molar-refractivity contribution in [1.82, 2.24) is 0 Å². The van der Waals surface area contributed by atoms with Crippen LogP contribution in [-0.2, 0) is 18.3 Å². The summed E-state index contributed by atoms with van der Waals surface area (Å²) in [5.41, 5.74) is 0. The van der Waals surface area contributed by atoms with E-state index in [1.807, 2.05) is 0 Å². The van der Waals surface area contributed by atoms with Gasteiger partial charge in [0.2, 0.25) is 0 Å². The maximum absolute atomic E-state index is 8.88. The number of phosphoric acid groups is 4. The summed E-state index contributed by atoms with van der Waals surface area (Å²) in [7, 11) is -19.8. The molecular weight excluding hydrogens is 495 g/mol. The molecule has 0 saturated carbocycles. The molecule has 0 heterocycles. The molecule has 25 heteroatoms. The molecule has 0 aliphatic heterocycles. The van der Waals surface area contributed by atoms with Crippen LogP contribution in [0.4, 0.5) is 0 Å². The van der Waals surface area contributed by atoms with E-state index in [1.165, 1.54) is 0 Å². The molecule has 0 radical (unpaired) electrons. The van der Waals surface area contributed by atoms with Gasteiger partial charge >= 0.3 is 163 Å². The first kappa shape index (κ1) is 57.4. The topological polar surface area (TPSA) is 325 Å². The Hall–Kier alpha value is 5.44. The van der Waals surface area contributed by atoms with Crippen molar-refractivity contribution in [3.8, 4) is 0 Å². The van der Waals surface area contributed by atoms with Crippen LogP contribution in [0.1, 0.15) is 0 Å². The molecule has 16 nitrogen and oxygen atoms in total. The van der Waals surface area contributed by atoms with Crippen molar-refractivity contribution < 1.29 is 225 Å². The predicted molar refractivity (Wildman–Crippen MR) is 46.0 cm³/mol. The van der Waals surface area contributed by atoms with E-state index in [1.54, 1.807) is 0 Å². The third-order valence-electron chi connectivity index (χ3n) is 0. The Morgan fingerprint density at radius 2 is 0.440 bits per heavy atom. The zero-order valence-electron chi connectivity index (χ0n) is 13.6. The summed E-state index contributed by atoms with van der Waals surface area (Å²) in [5, 5.41) is 0. The van der Waals surface area contributed by atoms with Gasteiger partial charge in [0.25, 0.3) is 0 Å². The van der Waals surface area contributed by atoms with Crippen molar-refractivity contribution in [1.29, 1.82) is 0 Å². The van der Waals surface area contributed by atoms with Gasteiger partial charge in [0, 0.05) is 0 Å². The molecule has 0 aromatic rings. The molecule has 0 bridgehead atoms. The molecule has 0 atom stereocenters. The second kappa shape index (κ2) is 27.5. The van der Waals surface area contributed by atoms with E-state index in [0.717, 1.165) is 0 Å². The van der Waals surface area contributed by atoms with Crippen molar-refractivity contribution in [3.05, 3.63) is 0 Å². The standard InChI is InChI=1S/5Na.4H3O4P/c;;;;;4*1-5(2,3)4/h;;;;;4*(H3,1,2,3,4)/q5*+1;;;;/p-5. The molecule has 128 valence electrons. The minimum Gasteiger partial charge on any atom is -0.822 e. The van der Waals surface area contributed by atoms with Crippen molar-refractivity contribution in [2.45, 2.75) is 0 Å². The normalized spacial score (nSPS) is 9.44. The van der Waals surface area contributed by atoms with Gasteiger partial charge in [0.05, 0.1) is 7.82 Å². The molecule has 0 aliphatic carbocycles. The van der Waals surface area contributed by atoms with E-state index in [2.05, 4.69) is 0 Å². The summed E-state index contributed by atoms with van der Waals surface area (Å²) < 4.78 is 35.0. The molecular formula is H7Na5O16P4. The van der Waals surface area contributed by atoms with Crippen molar-refractivity contribution in [2.24, 2.45) is 0 Å². The monoisotopic (exact) mass is 502 g/mol. The molecule has 0 unspecified atom stereocenters. The van der Waals surface area contributed by atoms with Crippen molar-refractivity contribution in [2.75, 3.05) is 0 Å². The Labute approximate surface area is 251 Å². The molecule has 0 fully saturated rings. The van der Waals surface area contributed by atoms with Crippen molar-refractivity contribution >= 4 is 31.3 Å². The van der Waals surface area contributed by atoms with Gasteiger partial charge in [-0.25, -0.2) is 9.13 Å². The summed E-state index contributed by atoms with van der Waals surface area (Å²) in [6, 6.07) is 0. The largest absolute Gasteiger partial charge is 1.00 e. The van der Waals surface area contributed by atoms with Crippen LogP contribution in [0.5, 0.6) is 0 Å². The third-order valence-corrected chi connectivity index (χ3v) is 0. The van der Waals surface area contributed by atoms with Crippen LogP contribution in [-0.4, -0.2) is 34.3 Å². The molecule has 0 aromatic heterocycles. The van der Waals surface area contributed by atoms with E-state index in [0.29, 0.717) is 0 Å². The zero-order valence-corrected chi connectivity index (χ0v) is 27.2. The van der Waals surface area contributed by atoms with Crippen LogP contribution in [0.2, 0.25) is 0 Å². The van der Waals surface area contributed by atoms with Crippen LogP contribution < -0.4 is 172 Å². The van der Waals surface area contributed by atoms with E-state index in [4.69, 9.17) is 77.0 Å². The molecule has 25 heavy (non-hydrogen) atoms. The summed E-state index contributed by atoms with van der Waals surface area (Å²) in [5.74, 6) is 0. The van der Waals surface area contributed by atoms with Crippen LogP contribution in [0.25, 0.3) is 0 Å². The maximum Gasteiger partial charge on any atom is 1.00 e. The third kappa shape index (κ3) is 749. The molecule has 7 N–H and O–H groups in total. The fourth-order valence-electron chi connectivity index (χ4n) is 0. The minimum absolute atomic E-state index is 0. The smallest absolute Gasteiger partial charge is 0.822 e. The Morgan fingerprint density at radius 1 is 0.440 bits per heavy atom. The van der Waals surface area contributed by atoms with Gasteiger partial charge in [-0.2, -0.15) is 7.82 Å². The second-order valence-electron chi connectivity index (χ2n) is 1.94. The molecule has 0 spiro atoms. The fourth-order valence-corrected chi connectivity index (χ4v) is 0. The molecule has 0 saturated heterocycles. The van der Waals surface area contributed by atoms with Crippen LogP contribution in [0, 0.1) is 0 Å². The first-order valence-electron chi connectivity index (χ1n) is 3.04. The van der Waals surface area contributed by atoms with Crippen LogP contribution in [0.15, 0.2) is 0 Å². The SMILES string of the molecule is O=P(O)(O)O.O=P(O)(O)O.O=P([O-])([O-])O.O=P([O-])([O-])[O-].[Na+].[Na+].[Na+].[Na+].[Na+]. The average Bonchev–Trinajstić information content (AvgIpc) is 1.62. The summed E-state index contributed by atoms with van der Waals surface area (Å²) >= 11 is 0.